The minimum absolute atomic E-state index is 0.0489. The van der Waals surface area contributed by atoms with Crippen LogP contribution in [-0.4, -0.2) is 17.8 Å². The first-order valence-corrected chi connectivity index (χ1v) is 6.86. The van der Waals surface area contributed by atoms with Gasteiger partial charge in [-0.3, -0.25) is 14.9 Å². The lowest BCUT2D eigenvalue weighted by Gasteiger charge is -2.13. The number of anilines is 1. The maximum atomic E-state index is 11.0. The molecule has 1 aliphatic rings. The summed E-state index contributed by atoms with van der Waals surface area (Å²) in [4.78, 5) is 21.2. The molecule has 0 unspecified atom stereocenters. The van der Waals surface area contributed by atoms with Crippen molar-refractivity contribution in [1.29, 1.82) is 0 Å². The second-order valence-corrected chi connectivity index (χ2v) is 4.94. The van der Waals surface area contributed by atoms with Crippen LogP contribution in [0.5, 0.6) is 0 Å². The summed E-state index contributed by atoms with van der Waals surface area (Å²) in [5.41, 5.74) is 2.16. The molecule has 0 atom stereocenters. The minimum Gasteiger partial charge on any atom is -0.379 e. The Hall–Kier alpha value is -2.17. The number of hydrogen-bond acceptors (Lipinski definition) is 4. The Morgan fingerprint density at radius 2 is 2.20 bits per heavy atom. The van der Waals surface area contributed by atoms with Crippen molar-refractivity contribution in [3.05, 3.63) is 45.5 Å². The Bertz CT molecular complexity index is 538. The molecule has 0 radical (unpaired) electrons. The van der Waals surface area contributed by atoms with E-state index >= 15 is 0 Å². The van der Waals surface area contributed by atoms with Crippen LogP contribution in [0.4, 0.5) is 11.4 Å². The van der Waals surface area contributed by atoms with Gasteiger partial charge in [-0.25, -0.2) is 0 Å². The van der Waals surface area contributed by atoms with E-state index < -0.39 is 4.92 Å². The molecule has 1 aromatic rings. The molecular formula is C15H18N2O3. The highest BCUT2D eigenvalue weighted by Crippen LogP contribution is 2.26. The average molecular weight is 274 g/mol. The third-order valence-electron chi connectivity index (χ3n) is 3.50. The van der Waals surface area contributed by atoms with Crippen LogP contribution in [0.3, 0.4) is 0 Å². The van der Waals surface area contributed by atoms with E-state index in [0.717, 1.165) is 19.3 Å². The summed E-state index contributed by atoms with van der Waals surface area (Å²) in [5, 5.41) is 14.1. The molecule has 0 heterocycles. The summed E-state index contributed by atoms with van der Waals surface area (Å²) >= 11 is 0. The van der Waals surface area contributed by atoms with Crippen LogP contribution in [0.25, 0.3) is 0 Å². The average Bonchev–Trinajstić information content (AvgIpc) is 2.48. The van der Waals surface area contributed by atoms with Crippen molar-refractivity contribution < 1.29 is 9.72 Å². The summed E-state index contributed by atoms with van der Waals surface area (Å²) in [6, 6.07) is 4.48. The predicted octanol–water partition coefficient (Wildman–Crippen LogP) is 3.71. The molecule has 5 nitrogen and oxygen atoms in total. The summed E-state index contributed by atoms with van der Waals surface area (Å²) in [6.45, 7) is 0.674. The van der Waals surface area contributed by atoms with Gasteiger partial charge in [0, 0.05) is 18.2 Å². The van der Waals surface area contributed by atoms with E-state index in [1.54, 1.807) is 12.1 Å². The molecule has 2 rings (SSSR count). The molecule has 1 aliphatic carbocycles. The van der Waals surface area contributed by atoms with E-state index in [2.05, 4.69) is 11.4 Å². The van der Waals surface area contributed by atoms with Gasteiger partial charge in [0.1, 0.15) is 12.0 Å². The molecule has 0 spiro atoms. The van der Waals surface area contributed by atoms with Crippen LogP contribution in [0.15, 0.2) is 29.8 Å². The number of nitrogens with one attached hydrogen (secondary N) is 1. The Balaban J connectivity index is 1.99. The highest BCUT2D eigenvalue weighted by atomic mass is 16.6. The third-order valence-corrected chi connectivity index (χ3v) is 3.50. The van der Waals surface area contributed by atoms with Gasteiger partial charge in [0.2, 0.25) is 0 Å². The smallest absolute Gasteiger partial charge is 0.293 e. The van der Waals surface area contributed by atoms with Gasteiger partial charge < -0.3 is 5.32 Å². The van der Waals surface area contributed by atoms with E-state index in [1.807, 2.05) is 0 Å². The normalized spacial score (nSPS) is 14.5. The van der Waals surface area contributed by atoms with Gasteiger partial charge in [-0.1, -0.05) is 11.6 Å². The zero-order valence-corrected chi connectivity index (χ0v) is 11.3. The molecule has 106 valence electrons. The lowest BCUT2D eigenvalue weighted by molar-refractivity contribution is -0.384. The van der Waals surface area contributed by atoms with Crippen molar-refractivity contribution >= 4 is 17.7 Å². The van der Waals surface area contributed by atoms with Crippen molar-refractivity contribution in [2.75, 3.05) is 11.9 Å². The largest absolute Gasteiger partial charge is 0.379 e. The van der Waals surface area contributed by atoms with Gasteiger partial charge in [0.15, 0.2) is 0 Å². The van der Waals surface area contributed by atoms with Crippen molar-refractivity contribution in [2.45, 2.75) is 32.1 Å². The Labute approximate surface area is 117 Å². The maximum Gasteiger partial charge on any atom is 0.293 e. The molecule has 1 N–H and O–H groups in total. The number of rotatable bonds is 6. The first-order chi connectivity index (χ1) is 9.70. The topological polar surface area (TPSA) is 72.2 Å². The van der Waals surface area contributed by atoms with E-state index in [-0.39, 0.29) is 5.69 Å². The van der Waals surface area contributed by atoms with Crippen LogP contribution in [-0.2, 0) is 0 Å². The summed E-state index contributed by atoms with van der Waals surface area (Å²) < 4.78 is 0. The molecule has 0 bridgehead atoms. The number of carbonyl (C=O) groups is 1. The monoisotopic (exact) mass is 274 g/mol. The van der Waals surface area contributed by atoms with Gasteiger partial charge in [-0.15, -0.1) is 0 Å². The number of aldehydes is 1. The van der Waals surface area contributed by atoms with Crippen LogP contribution in [0.2, 0.25) is 0 Å². The first-order valence-electron chi connectivity index (χ1n) is 6.86. The summed E-state index contributed by atoms with van der Waals surface area (Å²) in [7, 11) is 0. The number of nitrogens with zero attached hydrogens (tertiary/aromatic N) is 1. The van der Waals surface area contributed by atoms with Gasteiger partial charge in [-0.2, -0.15) is 0 Å². The van der Waals surface area contributed by atoms with Gasteiger partial charge >= 0.3 is 0 Å². The Kier molecular flexibility index (Phi) is 4.87. The fraction of sp³-hybridized carbons (Fsp3) is 0.400. The van der Waals surface area contributed by atoms with Gasteiger partial charge in [0.05, 0.1) is 4.92 Å². The Morgan fingerprint density at radius 1 is 1.35 bits per heavy atom. The van der Waals surface area contributed by atoms with Gasteiger partial charge in [-0.05, 0) is 44.2 Å². The molecule has 0 aliphatic heterocycles. The number of nitro groups is 1. The quantitative estimate of drug-likeness (QED) is 0.371. The van der Waals surface area contributed by atoms with Crippen LogP contribution in [0.1, 0.15) is 42.5 Å². The third kappa shape index (κ3) is 3.66. The second-order valence-electron chi connectivity index (χ2n) is 4.94. The van der Waals surface area contributed by atoms with Crippen LogP contribution in [0, 0.1) is 10.1 Å². The minimum atomic E-state index is -0.463. The summed E-state index contributed by atoms with van der Waals surface area (Å²) in [6.07, 6.45) is 8.57. The van der Waals surface area contributed by atoms with Crippen LogP contribution < -0.4 is 5.32 Å². The molecule has 1 aromatic carbocycles. The van der Waals surface area contributed by atoms with Crippen molar-refractivity contribution in [3.8, 4) is 0 Å². The lowest BCUT2D eigenvalue weighted by Crippen LogP contribution is -2.06. The molecule has 20 heavy (non-hydrogen) atoms. The van der Waals surface area contributed by atoms with Crippen molar-refractivity contribution in [1.82, 2.24) is 0 Å². The van der Waals surface area contributed by atoms with Crippen LogP contribution >= 0.6 is 0 Å². The standard InChI is InChI=1S/C15H18N2O3/c18-11-13-6-7-14(15(10-13)17(19)20)16-9-8-12-4-2-1-3-5-12/h4,6-7,10-11,16H,1-3,5,8-9H2. The van der Waals surface area contributed by atoms with E-state index in [4.69, 9.17) is 0 Å². The predicted molar refractivity (Wildman–Crippen MR) is 78.1 cm³/mol. The first kappa shape index (κ1) is 14.2. The SMILES string of the molecule is O=Cc1ccc(NCCC2=CCCCC2)c([N+](=O)[O-])c1. The zero-order chi connectivity index (χ0) is 14.4. The summed E-state index contributed by atoms with van der Waals surface area (Å²) in [5.74, 6) is 0. The number of nitro benzene ring substituents is 1. The maximum absolute atomic E-state index is 11.0. The molecule has 0 aromatic heterocycles. The molecule has 5 heteroatoms. The Morgan fingerprint density at radius 3 is 2.85 bits per heavy atom. The molecule has 0 amide bonds. The van der Waals surface area contributed by atoms with Crippen molar-refractivity contribution in [3.63, 3.8) is 0 Å². The lowest BCUT2D eigenvalue weighted by atomic mass is 9.97. The molecule has 0 fully saturated rings. The molecule has 0 saturated heterocycles. The molecule has 0 saturated carbocycles. The zero-order valence-electron chi connectivity index (χ0n) is 11.3. The van der Waals surface area contributed by atoms with E-state index in [9.17, 15) is 14.9 Å². The number of benzene rings is 1. The van der Waals surface area contributed by atoms with Crippen molar-refractivity contribution in [2.24, 2.45) is 0 Å². The molecular weight excluding hydrogens is 256 g/mol. The van der Waals surface area contributed by atoms with Gasteiger partial charge in [0.25, 0.3) is 5.69 Å². The van der Waals surface area contributed by atoms with E-state index in [1.165, 1.54) is 24.5 Å². The number of allylic oxidation sites excluding steroid dienone is 1. The fourth-order valence-electron chi connectivity index (χ4n) is 2.41. The second kappa shape index (κ2) is 6.84. The number of carbonyl (C=O) groups excluding carboxylic acids is 1. The highest BCUT2D eigenvalue weighted by molar-refractivity contribution is 5.79. The number of hydrogen-bond donors (Lipinski definition) is 1. The highest BCUT2D eigenvalue weighted by Gasteiger charge is 2.14. The fourth-order valence-corrected chi connectivity index (χ4v) is 2.41. The van der Waals surface area contributed by atoms with E-state index in [0.29, 0.717) is 24.1 Å².